The summed E-state index contributed by atoms with van der Waals surface area (Å²) in [6, 6.07) is 18.8. The van der Waals surface area contributed by atoms with Crippen LogP contribution in [-0.4, -0.2) is 5.91 Å². The molecule has 0 fully saturated rings. The first kappa shape index (κ1) is 11.2. The van der Waals surface area contributed by atoms with Gasteiger partial charge in [-0.2, -0.15) is 0 Å². The van der Waals surface area contributed by atoms with Crippen LogP contribution in [0.15, 0.2) is 54.6 Å². The van der Waals surface area contributed by atoms with Crippen molar-refractivity contribution in [3.63, 3.8) is 0 Å². The minimum absolute atomic E-state index is 0.0405. The number of amides is 1. The second-order valence-corrected chi connectivity index (χ2v) is 5.12. The molecule has 4 rings (SSSR count). The van der Waals surface area contributed by atoms with Gasteiger partial charge in [0.25, 0.3) is 0 Å². The van der Waals surface area contributed by atoms with Gasteiger partial charge in [-0.3, -0.25) is 4.79 Å². The van der Waals surface area contributed by atoms with E-state index in [1.165, 1.54) is 34.6 Å². The molecular formula is C18H13NO. The third kappa shape index (κ3) is 1.42. The highest BCUT2D eigenvalue weighted by Gasteiger charge is 2.21. The molecule has 3 aromatic rings. The van der Waals surface area contributed by atoms with Crippen LogP contribution in [0.3, 0.4) is 0 Å². The molecule has 0 radical (unpaired) electrons. The van der Waals surface area contributed by atoms with Crippen LogP contribution in [0, 0.1) is 0 Å². The zero-order valence-electron chi connectivity index (χ0n) is 11.1. The molecule has 0 aromatic heterocycles. The molecule has 1 aliphatic carbocycles. The van der Waals surface area contributed by atoms with Gasteiger partial charge in [-0.25, -0.2) is 0 Å². The minimum atomic E-state index is -0.0405. The van der Waals surface area contributed by atoms with Gasteiger partial charge in [0.2, 0.25) is 5.91 Å². The molecule has 0 atom stereocenters. The van der Waals surface area contributed by atoms with Gasteiger partial charge in [-0.05, 0) is 33.7 Å². The number of anilines is 1. The van der Waals surface area contributed by atoms with Gasteiger partial charge in [-0.15, -0.1) is 0 Å². The lowest BCUT2D eigenvalue weighted by Gasteiger charge is -2.09. The Morgan fingerprint density at radius 2 is 1.45 bits per heavy atom. The first-order valence-corrected chi connectivity index (χ1v) is 6.69. The van der Waals surface area contributed by atoms with Crippen molar-refractivity contribution in [3.8, 4) is 22.3 Å². The van der Waals surface area contributed by atoms with Crippen LogP contribution >= 0.6 is 0 Å². The lowest BCUT2D eigenvalue weighted by atomic mass is 10.0. The van der Waals surface area contributed by atoms with Crippen LogP contribution in [0.2, 0.25) is 0 Å². The number of carbonyl (C=O) groups excluding carboxylic acids is 1. The van der Waals surface area contributed by atoms with E-state index in [2.05, 4.69) is 53.8 Å². The fourth-order valence-corrected chi connectivity index (χ4v) is 3.11. The van der Waals surface area contributed by atoms with Crippen LogP contribution in [0.1, 0.15) is 6.92 Å². The predicted molar refractivity (Wildman–Crippen MR) is 82.7 cm³/mol. The quantitative estimate of drug-likeness (QED) is 0.537. The molecule has 2 nitrogen and oxygen atoms in total. The monoisotopic (exact) mass is 259 g/mol. The summed E-state index contributed by atoms with van der Waals surface area (Å²) in [7, 11) is 0. The van der Waals surface area contributed by atoms with Crippen molar-refractivity contribution in [2.75, 3.05) is 5.32 Å². The number of nitrogens with one attached hydrogen (secondary N) is 1. The number of rotatable bonds is 1. The van der Waals surface area contributed by atoms with E-state index in [-0.39, 0.29) is 5.91 Å². The summed E-state index contributed by atoms with van der Waals surface area (Å²) in [5, 5.41) is 5.26. The smallest absolute Gasteiger partial charge is 0.221 e. The zero-order chi connectivity index (χ0) is 13.7. The molecule has 0 aliphatic heterocycles. The van der Waals surface area contributed by atoms with Crippen molar-refractivity contribution in [1.29, 1.82) is 0 Å². The first-order valence-electron chi connectivity index (χ1n) is 6.69. The van der Waals surface area contributed by atoms with Gasteiger partial charge >= 0.3 is 0 Å². The first-order chi connectivity index (χ1) is 9.75. The maximum Gasteiger partial charge on any atom is 0.221 e. The summed E-state index contributed by atoms with van der Waals surface area (Å²) in [4.78, 5) is 11.3. The van der Waals surface area contributed by atoms with E-state index in [0.29, 0.717) is 0 Å². The molecule has 96 valence electrons. The molecule has 0 saturated carbocycles. The maximum absolute atomic E-state index is 11.3. The average Bonchev–Trinajstić information content (AvgIpc) is 2.78. The number of hydrogen-bond acceptors (Lipinski definition) is 1. The zero-order valence-corrected chi connectivity index (χ0v) is 11.1. The largest absolute Gasteiger partial charge is 0.326 e. The summed E-state index contributed by atoms with van der Waals surface area (Å²) in [6.45, 7) is 1.54. The van der Waals surface area contributed by atoms with E-state index in [0.717, 1.165) is 11.1 Å². The molecule has 1 aliphatic rings. The van der Waals surface area contributed by atoms with Gasteiger partial charge < -0.3 is 5.32 Å². The van der Waals surface area contributed by atoms with Crippen molar-refractivity contribution in [3.05, 3.63) is 54.6 Å². The summed E-state index contributed by atoms with van der Waals surface area (Å²) in [5.74, 6) is -0.0405. The van der Waals surface area contributed by atoms with Crippen molar-refractivity contribution in [2.45, 2.75) is 6.92 Å². The lowest BCUT2D eigenvalue weighted by molar-refractivity contribution is -0.114. The van der Waals surface area contributed by atoms with Crippen LogP contribution in [0.4, 0.5) is 5.69 Å². The normalized spacial score (nSPS) is 11.4. The number of carbonyl (C=O) groups is 1. The van der Waals surface area contributed by atoms with Crippen LogP contribution in [-0.2, 0) is 4.79 Å². The highest BCUT2D eigenvalue weighted by molar-refractivity contribution is 6.19. The molecule has 0 unspecified atom stereocenters. The average molecular weight is 259 g/mol. The van der Waals surface area contributed by atoms with E-state index in [1.807, 2.05) is 6.07 Å². The van der Waals surface area contributed by atoms with E-state index in [4.69, 9.17) is 0 Å². The van der Waals surface area contributed by atoms with Crippen molar-refractivity contribution in [1.82, 2.24) is 0 Å². The summed E-state index contributed by atoms with van der Waals surface area (Å²) in [6.07, 6.45) is 0. The van der Waals surface area contributed by atoms with E-state index in [1.54, 1.807) is 0 Å². The summed E-state index contributed by atoms with van der Waals surface area (Å²) < 4.78 is 0. The van der Waals surface area contributed by atoms with Crippen LogP contribution < -0.4 is 5.32 Å². The third-order valence-corrected chi connectivity index (χ3v) is 3.86. The molecule has 0 bridgehead atoms. The Labute approximate surface area is 117 Å². The van der Waals surface area contributed by atoms with Crippen molar-refractivity contribution in [2.24, 2.45) is 0 Å². The Hall–Kier alpha value is -2.61. The topological polar surface area (TPSA) is 29.1 Å². The number of fused-ring (bicyclic) bond motifs is 3. The minimum Gasteiger partial charge on any atom is -0.326 e. The molecule has 1 N–H and O–H groups in total. The summed E-state index contributed by atoms with van der Waals surface area (Å²) in [5.41, 5.74) is 5.92. The van der Waals surface area contributed by atoms with E-state index >= 15 is 0 Å². The molecule has 3 aromatic carbocycles. The van der Waals surface area contributed by atoms with Gasteiger partial charge in [0.05, 0.1) is 0 Å². The van der Waals surface area contributed by atoms with Gasteiger partial charge in [-0.1, -0.05) is 48.5 Å². The van der Waals surface area contributed by atoms with E-state index < -0.39 is 0 Å². The maximum atomic E-state index is 11.3. The fourth-order valence-electron chi connectivity index (χ4n) is 3.11. The summed E-state index contributed by atoms with van der Waals surface area (Å²) >= 11 is 0. The molecule has 0 spiro atoms. The predicted octanol–water partition coefficient (Wildman–Crippen LogP) is 4.45. The van der Waals surface area contributed by atoms with E-state index in [9.17, 15) is 4.79 Å². The molecular weight excluding hydrogens is 246 g/mol. The van der Waals surface area contributed by atoms with Crippen molar-refractivity contribution >= 4 is 22.4 Å². The second-order valence-electron chi connectivity index (χ2n) is 5.12. The highest BCUT2D eigenvalue weighted by atomic mass is 16.1. The Morgan fingerprint density at radius 1 is 0.800 bits per heavy atom. The Balaban J connectivity index is 2.10. The van der Waals surface area contributed by atoms with Gasteiger partial charge in [0.1, 0.15) is 0 Å². The van der Waals surface area contributed by atoms with Gasteiger partial charge in [0, 0.05) is 18.0 Å². The van der Waals surface area contributed by atoms with Crippen LogP contribution in [0.5, 0.6) is 0 Å². The Morgan fingerprint density at radius 3 is 2.15 bits per heavy atom. The molecule has 2 heteroatoms. The molecule has 1 amide bonds. The standard InChI is InChI=1S/C18H13NO/c1-11(20)19-17-10-9-15-13-6-3-2-5-12(13)14-7-4-8-16(17)18(14)15/h2-10H,1H3,(H,19,20). The fraction of sp³-hybridized carbons (Fsp3) is 0.0556. The molecule has 0 heterocycles. The highest BCUT2D eigenvalue weighted by Crippen LogP contribution is 2.48. The number of benzene rings is 3. The molecule has 20 heavy (non-hydrogen) atoms. The second kappa shape index (κ2) is 3.94. The third-order valence-electron chi connectivity index (χ3n) is 3.86. The number of hydrogen-bond donors (Lipinski definition) is 1. The van der Waals surface area contributed by atoms with Crippen LogP contribution in [0.25, 0.3) is 33.0 Å². The molecule has 0 saturated heterocycles. The van der Waals surface area contributed by atoms with Gasteiger partial charge in [0.15, 0.2) is 0 Å². The SMILES string of the molecule is CC(=O)Nc1ccc2c3c(cccc13)-c1ccccc1-2. The Kier molecular flexibility index (Phi) is 2.21. The Bertz CT molecular complexity index is 835. The van der Waals surface area contributed by atoms with Crippen molar-refractivity contribution < 1.29 is 4.79 Å². The lowest BCUT2D eigenvalue weighted by Crippen LogP contribution is -2.06.